The topological polar surface area (TPSA) is 70.8 Å². The van der Waals surface area contributed by atoms with Gasteiger partial charge >= 0.3 is 7.48 Å². The number of nitrogens with zero attached hydrogens (tertiary/aromatic N) is 1. The Morgan fingerprint density at radius 2 is 2.24 bits per heavy atom. The summed E-state index contributed by atoms with van der Waals surface area (Å²) >= 11 is 0. The summed E-state index contributed by atoms with van der Waals surface area (Å²) in [4.78, 5) is 10.3. The van der Waals surface area contributed by atoms with Gasteiger partial charge in [0.2, 0.25) is 6.54 Å². The van der Waals surface area contributed by atoms with Crippen molar-refractivity contribution in [1.29, 1.82) is 0 Å². The second kappa shape index (κ2) is 9.81. The van der Waals surface area contributed by atoms with Gasteiger partial charge in [-0.25, -0.2) is 0 Å². The number of hydrogen-bond donors (Lipinski definition) is 0. The van der Waals surface area contributed by atoms with Gasteiger partial charge in [0.05, 0.1) is 19.8 Å². The van der Waals surface area contributed by atoms with Crippen LogP contribution in [0.2, 0.25) is 0 Å². The molecule has 0 bridgehead atoms. The summed E-state index contributed by atoms with van der Waals surface area (Å²) in [5.74, 6) is 0.668. The molecule has 1 unspecified atom stereocenters. The molecule has 0 saturated heterocycles. The Morgan fingerprint density at radius 3 is 2.96 bits per heavy atom. The van der Waals surface area contributed by atoms with Crippen LogP contribution in [0.15, 0.2) is 55.2 Å². The number of fused-ring (bicyclic) bond motifs is 1. The minimum Gasteiger partial charge on any atom is -0.494 e. The molecule has 0 spiro atoms. The maximum atomic E-state index is 10.7. The summed E-state index contributed by atoms with van der Waals surface area (Å²) in [5.41, 5.74) is 2.54. The van der Waals surface area contributed by atoms with E-state index in [9.17, 15) is 10.1 Å². The molecule has 1 atom stereocenters. The van der Waals surface area contributed by atoms with Crippen LogP contribution in [0, 0.1) is 10.1 Å². The lowest BCUT2D eigenvalue weighted by Gasteiger charge is -2.11. The van der Waals surface area contributed by atoms with Gasteiger partial charge in [0.15, 0.2) is 0 Å². The van der Waals surface area contributed by atoms with Crippen molar-refractivity contribution in [3.05, 3.63) is 70.8 Å². The van der Waals surface area contributed by atoms with Crippen molar-refractivity contribution in [3.8, 4) is 5.75 Å². The zero-order valence-electron chi connectivity index (χ0n) is 14.1. The summed E-state index contributed by atoms with van der Waals surface area (Å²) in [6.45, 7) is 8.62. The van der Waals surface area contributed by atoms with Crippen molar-refractivity contribution in [2.75, 3.05) is 26.4 Å². The van der Waals surface area contributed by atoms with Crippen molar-refractivity contribution in [1.82, 2.24) is 0 Å². The predicted octanol–water partition coefficient (Wildman–Crippen LogP) is 2.36. The van der Waals surface area contributed by atoms with Crippen LogP contribution in [0.1, 0.15) is 18.1 Å². The number of hydrogen-bond acceptors (Lipinski definition) is 5. The zero-order valence-corrected chi connectivity index (χ0v) is 14.1. The van der Waals surface area contributed by atoms with Gasteiger partial charge in [0, 0.05) is 11.3 Å². The lowest BCUT2D eigenvalue weighted by molar-refractivity contribution is -0.489. The quantitative estimate of drug-likeness (QED) is 0.203. The van der Waals surface area contributed by atoms with Gasteiger partial charge in [-0.15, -0.1) is 0 Å². The van der Waals surface area contributed by atoms with E-state index in [1.807, 2.05) is 24.3 Å². The molecular weight excluding hydrogens is 321 g/mol. The average molecular weight is 342 g/mol. The predicted molar refractivity (Wildman–Crippen MR) is 96.9 cm³/mol. The van der Waals surface area contributed by atoms with E-state index in [2.05, 4.69) is 13.2 Å². The first-order valence-corrected chi connectivity index (χ1v) is 8.03. The Morgan fingerprint density at radius 1 is 1.40 bits per heavy atom. The normalized spacial score (nSPS) is 16.0. The lowest BCUT2D eigenvalue weighted by atomic mass is 9.85. The largest absolute Gasteiger partial charge is 0.494 e. The first-order chi connectivity index (χ1) is 12.2. The van der Waals surface area contributed by atoms with Crippen LogP contribution in [0.3, 0.4) is 0 Å². The third kappa shape index (κ3) is 5.58. The molecule has 1 aliphatic rings. The van der Waals surface area contributed by atoms with Crippen molar-refractivity contribution in [3.63, 3.8) is 0 Å². The summed E-state index contributed by atoms with van der Waals surface area (Å²) in [6, 6.07) is 5.47. The molecule has 25 heavy (non-hydrogen) atoms. The van der Waals surface area contributed by atoms with Crippen LogP contribution in [-0.4, -0.2) is 38.8 Å². The van der Waals surface area contributed by atoms with Gasteiger partial charge in [-0.1, -0.05) is 43.5 Å². The zero-order chi connectivity index (χ0) is 18.1. The van der Waals surface area contributed by atoms with Gasteiger partial charge < -0.3 is 14.1 Å². The summed E-state index contributed by atoms with van der Waals surface area (Å²) in [7, 11) is 1.53. The van der Waals surface area contributed by atoms with Crippen LogP contribution >= 0.6 is 0 Å². The molecule has 0 aromatic heterocycles. The van der Waals surface area contributed by atoms with Crippen molar-refractivity contribution >= 4 is 12.9 Å². The molecule has 1 aromatic carbocycles. The average Bonchev–Trinajstić information content (AvgIpc) is 3.00. The summed E-state index contributed by atoms with van der Waals surface area (Å²) < 4.78 is 16.7. The number of rotatable bonds is 11. The highest BCUT2D eigenvalue weighted by molar-refractivity contribution is 6.50. The first-order valence-electron chi connectivity index (χ1n) is 8.03. The van der Waals surface area contributed by atoms with Crippen molar-refractivity contribution in [2.24, 2.45) is 0 Å². The Hall–Kier alpha value is -2.38. The summed E-state index contributed by atoms with van der Waals surface area (Å²) in [6.07, 6.45) is 5.47. The van der Waals surface area contributed by atoms with Crippen LogP contribution < -0.4 is 10.2 Å². The fourth-order valence-electron chi connectivity index (χ4n) is 2.45. The van der Waals surface area contributed by atoms with Gasteiger partial charge in [0.1, 0.15) is 11.9 Å². The highest BCUT2D eigenvalue weighted by atomic mass is 16.6. The second-order valence-electron chi connectivity index (χ2n) is 5.45. The molecule has 0 aliphatic carbocycles. The molecule has 0 fully saturated rings. The Kier molecular flexibility index (Phi) is 7.44. The van der Waals surface area contributed by atoms with E-state index in [1.54, 1.807) is 12.2 Å². The molecular formula is C18H21BNO5. The van der Waals surface area contributed by atoms with Gasteiger partial charge in [0.25, 0.3) is 0 Å². The van der Waals surface area contributed by atoms with Crippen LogP contribution in [0.5, 0.6) is 5.75 Å². The minimum absolute atomic E-state index is 0.259. The number of allylic oxidation sites excluding steroid dienone is 2. The SMILES string of the molecule is C=C/C=C(\C=C)COCCCOc1cccc2c1[B]OC2C[N+](=O)[O-]. The van der Waals surface area contributed by atoms with E-state index in [-0.39, 0.29) is 11.5 Å². The smallest absolute Gasteiger partial charge is 0.335 e. The molecule has 7 heteroatoms. The molecule has 0 N–H and O–H groups in total. The highest BCUT2D eigenvalue weighted by Gasteiger charge is 2.30. The van der Waals surface area contributed by atoms with Gasteiger partial charge in [-0.2, -0.15) is 0 Å². The molecule has 1 aromatic rings. The standard InChI is InChI=1S/C18H21BNO5/c1-3-7-14(4-2)13-23-10-6-11-24-16-9-5-8-15-17(12-20(21)22)25-19-18(15)16/h3-5,7-9,17H,1-2,6,10-13H2/b14-7+. The van der Waals surface area contributed by atoms with Crippen LogP contribution in [0.4, 0.5) is 0 Å². The minimum atomic E-state index is -0.550. The van der Waals surface area contributed by atoms with E-state index in [1.165, 1.54) is 7.48 Å². The van der Waals surface area contributed by atoms with Crippen LogP contribution in [-0.2, 0) is 9.39 Å². The third-order valence-electron chi connectivity index (χ3n) is 3.67. The fourth-order valence-corrected chi connectivity index (χ4v) is 2.45. The fraction of sp³-hybridized carbons (Fsp3) is 0.333. The van der Waals surface area contributed by atoms with Gasteiger partial charge in [-0.05, 0) is 22.7 Å². The monoisotopic (exact) mass is 342 g/mol. The summed E-state index contributed by atoms with van der Waals surface area (Å²) in [5, 5.41) is 10.7. The van der Waals surface area contributed by atoms with E-state index in [0.717, 1.165) is 23.0 Å². The Labute approximate surface area is 148 Å². The van der Waals surface area contributed by atoms with Crippen LogP contribution in [0.25, 0.3) is 0 Å². The molecule has 1 aliphatic heterocycles. The number of ether oxygens (including phenoxy) is 2. The molecule has 1 radical (unpaired) electrons. The van der Waals surface area contributed by atoms with Crippen molar-refractivity contribution < 1.29 is 19.1 Å². The molecule has 1 heterocycles. The van der Waals surface area contributed by atoms with E-state index < -0.39 is 6.10 Å². The number of nitro groups is 1. The van der Waals surface area contributed by atoms with Crippen molar-refractivity contribution in [2.45, 2.75) is 12.5 Å². The van der Waals surface area contributed by atoms with Gasteiger partial charge in [-0.3, -0.25) is 10.1 Å². The molecule has 0 amide bonds. The number of benzene rings is 1. The maximum Gasteiger partial charge on any atom is 0.335 e. The molecule has 6 nitrogen and oxygen atoms in total. The Bertz CT molecular complexity index is 659. The molecule has 2 rings (SSSR count). The second-order valence-corrected chi connectivity index (χ2v) is 5.45. The lowest BCUT2D eigenvalue weighted by Crippen LogP contribution is -2.17. The van der Waals surface area contributed by atoms with E-state index in [4.69, 9.17) is 14.1 Å². The maximum absolute atomic E-state index is 10.7. The van der Waals surface area contributed by atoms with E-state index >= 15 is 0 Å². The first kappa shape index (κ1) is 19.0. The molecule has 0 saturated carbocycles. The third-order valence-corrected chi connectivity index (χ3v) is 3.67. The highest BCUT2D eigenvalue weighted by Crippen LogP contribution is 2.25. The molecule has 131 valence electrons. The Balaban J connectivity index is 1.78. The van der Waals surface area contributed by atoms with E-state index in [0.29, 0.717) is 25.6 Å².